The van der Waals surface area contributed by atoms with Crippen LogP contribution in [0.15, 0.2) is 24.3 Å². The highest BCUT2D eigenvalue weighted by Crippen LogP contribution is 2.38. The highest BCUT2D eigenvalue weighted by atomic mass is 16.5. The maximum atomic E-state index is 6.45. The van der Waals surface area contributed by atoms with Crippen LogP contribution in [0.3, 0.4) is 0 Å². The summed E-state index contributed by atoms with van der Waals surface area (Å²) in [7, 11) is 0. The zero-order valence-corrected chi connectivity index (χ0v) is 11.9. The molecule has 1 saturated heterocycles. The predicted octanol–water partition coefficient (Wildman–Crippen LogP) is 3.91. The number of nitrogens with two attached hydrogens (primary N) is 1. The van der Waals surface area contributed by atoms with Gasteiger partial charge in [0.15, 0.2) is 0 Å². The Morgan fingerprint density at radius 2 is 1.89 bits per heavy atom. The van der Waals surface area contributed by atoms with Crippen LogP contribution >= 0.6 is 0 Å². The molecule has 1 heterocycles. The number of ether oxygens (including phenoxy) is 1. The van der Waals surface area contributed by atoms with Crippen LogP contribution in [0.4, 0.5) is 0 Å². The molecule has 0 amide bonds. The molecular formula is C17H25NO. The lowest BCUT2D eigenvalue weighted by Crippen LogP contribution is -2.43. The number of rotatable bonds is 3. The second kappa shape index (κ2) is 5.26. The molecule has 2 heteroatoms. The van der Waals surface area contributed by atoms with Gasteiger partial charge in [-0.1, -0.05) is 30.7 Å². The molecule has 2 atom stereocenters. The lowest BCUT2D eigenvalue weighted by Gasteiger charge is -2.39. The summed E-state index contributed by atoms with van der Waals surface area (Å²) < 4.78 is 5.97. The van der Waals surface area contributed by atoms with E-state index in [2.05, 4.69) is 31.2 Å². The lowest BCUT2D eigenvalue weighted by atomic mass is 9.79. The molecule has 2 N–H and O–H groups in total. The lowest BCUT2D eigenvalue weighted by molar-refractivity contribution is -0.0820. The van der Waals surface area contributed by atoms with Gasteiger partial charge in [0.05, 0.1) is 11.6 Å². The molecule has 2 unspecified atom stereocenters. The molecule has 1 saturated carbocycles. The summed E-state index contributed by atoms with van der Waals surface area (Å²) in [6.07, 6.45) is 7.56. The highest BCUT2D eigenvalue weighted by molar-refractivity contribution is 5.29. The molecule has 1 aromatic rings. The van der Waals surface area contributed by atoms with Gasteiger partial charge in [-0.25, -0.2) is 0 Å². The van der Waals surface area contributed by atoms with Gasteiger partial charge >= 0.3 is 0 Å². The molecule has 19 heavy (non-hydrogen) atoms. The van der Waals surface area contributed by atoms with Crippen molar-refractivity contribution in [3.05, 3.63) is 35.4 Å². The zero-order chi connectivity index (χ0) is 13.3. The van der Waals surface area contributed by atoms with Crippen LogP contribution in [-0.4, -0.2) is 12.2 Å². The summed E-state index contributed by atoms with van der Waals surface area (Å²) in [6, 6.07) is 8.95. The molecule has 0 spiro atoms. The third-order valence-electron chi connectivity index (χ3n) is 5.03. The smallest absolute Gasteiger partial charge is 0.0846 e. The van der Waals surface area contributed by atoms with Crippen molar-refractivity contribution in [2.45, 2.75) is 63.0 Å². The van der Waals surface area contributed by atoms with Gasteiger partial charge in [0.25, 0.3) is 0 Å². The fourth-order valence-electron chi connectivity index (χ4n) is 3.27. The first-order valence-corrected chi connectivity index (χ1v) is 7.68. The maximum absolute atomic E-state index is 6.45. The quantitative estimate of drug-likeness (QED) is 0.893. The summed E-state index contributed by atoms with van der Waals surface area (Å²) in [4.78, 5) is 0. The Bertz CT molecular complexity index is 415. The molecule has 1 aliphatic carbocycles. The van der Waals surface area contributed by atoms with E-state index in [0.29, 0.717) is 0 Å². The summed E-state index contributed by atoms with van der Waals surface area (Å²) in [5, 5.41) is 0. The summed E-state index contributed by atoms with van der Waals surface area (Å²) in [6.45, 7) is 3.01. The normalized spacial score (nSPS) is 29.8. The van der Waals surface area contributed by atoms with Crippen LogP contribution < -0.4 is 5.73 Å². The number of benzene rings is 1. The Hall–Kier alpha value is -0.860. The Morgan fingerprint density at radius 3 is 2.42 bits per heavy atom. The van der Waals surface area contributed by atoms with Crippen molar-refractivity contribution in [2.24, 2.45) is 5.73 Å². The Labute approximate surface area is 116 Å². The van der Waals surface area contributed by atoms with Crippen molar-refractivity contribution in [1.82, 2.24) is 0 Å². The van der Waals surface area contributed by atoms with E-state index < -0.39 is 0 Å². The molecule has 1 aliphatic heterocycles. The van der Waals surface area contributed by atoms with Gasteiger partial charge in [-0.3, -0.25) is 0 Å². The summed E-state index contributed by atoms with van der Waals surface area (Å²) in [5.41, 5.74) is 8.97. The van der Waals surface area contributed by atoms with Gasteiger partial charge in [0.2, 0.25) is 0 Å². The zero-order valence-electron chi connectivity index (χ0n) is 11.9. The van der Waals surface area contributed by atoms with Crippen LogP contribution in [0.2, 0.25) is 0 Å². The van der Waals surface area contributed by atoms with E-state index in [1.807, 2.05) is 0 Å². The van der Waals surface area contributed by atoms with E-state index in [1.165, 1.54) is 43.2 Å². The minimum atomic E-state index is -0.184. The predicted molar refractivity (Wildman–Crippen MR) is 78.2 cm³/mol. The third-order valence-corrected chi connectivity index (χ3v) is 5.03. The van der Waals surface area contributed by atoms with Crippen molar-refractivity contribution >= 4 is 0 Å². The van der Waals surface area contributed by atoms with Crippen LogP contribution in [0.25, 0.3) is 0 Å². The molecule has 0 aromatic heterocycles. The minimum absolute atomic E-state index is 0.0109. The average molecular weight is 259 g/mol. The number of hydrogen-bond acceptors (Lipinski definition) is 2. The standard InChI is InChI=1S/C17H25NO/c1-17(11-2-3-12-19-17)16(18)15-9-7-14(8-10-15)13-5-4-6-13/h7-10,13,16H,2-6,11-12,18H2,1H3. The third kappa shape index (κ3) is 2.56. The van der Waals surface area contributed by atoms with Crippen molar-refractivity contribution in [3.8, 4) is 0 Å². The Kier molecular flexibility index (Phi) is 3.64. The van der Waals surface area contributed by atoms with E-state index >= 15 is 0 Å². The van der Waals surface area contributed by atoms with E-state index in [4.69, 9.17) is 10.5 Å². The second-order valence-corrected chi connectivity index (χ2v) is 6.39. The average Bonchev–Trinajstić information content (AvgIpc) is 2.38. The molecule has 0 radical (unpaired) electrons. The summed E-state index contributed by atoms with van der Waals surface area (Å²) in [5.74, 6) is 0.798. The van der Waals surface area contributed by atoms with Gasteiger partial charge in [0, 0.05) is 6.61 Å². The molecular weight excluding hydrogens is 234 g/mol. The highest BCUT2D eigenvalue weighted by Gasteiger charge is 2.35. The van der Waals surface area contributed by atoms with Crippen molar-refractivity contribution in [2.75, 3.05) is 6.61 Å². The first kappa shape index (κ1) is 13.1. The monoisotopic (exact) mass is 259 g/mol. The van der Waals surface area contributed by atoms with Crippen molar-refractivity contribution in [1.29, 1.82) is 0 Å². The topological polar surface area (TPSA) is 35.2 Å². The second-order valence-electron chi connectivity index (χ2n) is 6.39. The van der Waals surface area contributed by atoms with Gasteiger partial charge < -0.3 is 10.5 Å². The van der Waals surface area contributed by atoms with Crippen LogP contribution in [0.1, 0.15) is 68.5 Å². The molecule has 0 bridgehead atoms. The van der Waals surface area contributed by atoms with Crippen LogP contribution in [-0.2, 0) is 4.74 Å². The Balaban J connectivity index is 1.73. The molecule has 2 fully saturated rings. The minimum Gasteiger partial charge on any atom is -0.373 e. The molecule has 2 nitrogen and oxygen atoms in total. The van der Waals surface area contributed by atoms with Crippen molar-refractivity contribution in [3.63, 3.8) is 0 Å². The first-order valence-electron chi connectivity index (χ1n) is 7.68. The van der Waals surface area contributed by atoms with E-state index in [1.54, 1.807) is 0 Å². The fraction of sp³-hybridized carbons (Fsp3) is 0.647. The largest absolute Gasteiger partial charge is 0.373 e. The Morgan fingerprint density at radius 1 is 1.16 bits per heavy atom. The van der Waals surface area contributed by atoms with Gasteiger partial charge in [0.1, 0.15) is 0 Å². The SMILES string of the molecule is CC1(C(N)c2ccc(C3CCC3)cc2)CCCCO1. The van der Waals surface area contributed by atoms with Crippen molar-refractivity contribution < 1.29 is 4.74 Å². The number of hydrogen-bond donors (Lipinski definition) is 1. The maximum Gasteiger partial charge on any atom is 0.0846 e. The molecule has 2 aliphatic rings. The van der Waals surface area contributed by atoms with Crippen LogP contribution in [0, 0.1) is 0 Å². The fourth-order valence-corrected chi connectivity index (χ4v) is 3.27. The molecule has 1 aromatic carbocycles. The van der Waals surface area contributed by atoms with Gasteiger partial charge in [-0.15, -0.1) is 0 Å². The van der Waals surface area contributed by atoms with E-state index in [0.717, 1.165) is 18.9 Å². The first-order chi connectivity index (χ1) is 9.19. The summed E-state index contributed by atoms with van der Waals surface area (Å²) >= 11 is 0. The van der Waals surface area contributed by atoms with Gasteiger partial charge in [-0.05, 0) is 56.1 Å². The van der Waals surface area contributed by atoms with Gasteiger partial charge in [-0.2, -0.15) is 0 Å². The van der Waals surface area contributed by atoms with E-state index in [9.17, 15) is 0 Å². The molecule has 104 valence electrons. The van der Waals surface area contributed by atoms with E-state index in [-0.39, 0.29) is 11.6 Å². The van der Waals surface area contributed by atoms with Crippen LogP contribution in [0.5, 0.6) is 0 Å². The molecule has 3 rings (SSSR count).